The van der Waals surface area contributed by atoms with Crippen molar-refractivity contribution in [2.45, 2.75) is 37.6 Å². The molecular weight excluding hydrogens is 487 g/mol. The van der Waals surface area contributed by atoms with Gasteiger partial charge in [-0.05, 0) is 74.4 Å². The second kappa shape index (κ2) is 10.8. The van der Waals surface area contributed by atoms with Crippen LogP contribution in [-0.4, -0.2) is 49.4 Å². The van der Waals surface area contributed by atoms with Crippen LogP contribution in [0.3, 0.4) is 0 Å². The zero-order valence-electron chi connectivity index (χ0n) is 18.8. The minimum absolute atomic E-state index is 0.0143. The first-order chi connectivity index (χ1) is 16.3. The first kappa shape index (κ1) is 25.2. The molecule has 5 nitrogen and oxygen atoms in total. The second-order valence-corrected chi connectivity index (χ2v) is 9.85. The summed E-state index contributed by atoms with van der Waals surface area (Å²) in [6, 6.07) is 5.27. The first-order valence-corrected chi connectivity index (χ1v) is 12.1. The number of piperidine rings is 1. The summed E-state index contributed by atoms with van der Waals surface area (Å²) in [5.41, 5.74) is 0.863. The molecule has 0 spiro atoms. The second-order valence-electron chi connectivity index (χ2n) is 9.00. The lowest BCUT2D eigenvalue weighted by Gasteiger charge is -2.37. The van der Waals surface area contributed by atoms with E-state index in [4.69, 9.17) is 32.7 Å². The van der Waals surface area contributed by atoms with Gasteiger partial charge in [-0.15, -0.1) is 0 Å². The maximum atomic E-state index is 14.8. The number of carboxylic acid groups (broad SMARTS) is 1. The van der Waals surface area contributed by atoms with Crippen LogP contribution in [0.5, 0.6) is 5.75 Å². The lowest BCUT2D eigenvalue weighted by atomic mass is 9.94. The Kier molecular flexibility index (Phi) is 7.97. The van der Waals surface area contributed by atoms with Crippen molar-refractivity contribution in [1.29, 1.82) is 0 Å². The van der Waals surface area contributed by atoms with Crippen molar-refractivity contribution in [1.82, 2.24) is 4.90 Å². The van der Waals surface area contributed by atoms with Crippen LogP contribution in [-0.2, 0) is 4.74 Å². The number of carboxylic acids is 1. The Labute approximate surface area is 207 Å². The fraction of sp³-hybridized carbons (Fsp3) is 0.480. The summed E-state index contributed by atoms with van der Waals surface area (Å²) in [4.78, 5) is 13.4. The molecule has 2 fully saturated rings. The molecule has 1 saturated heterocycles. The minimum atomic E-state index is -1.28. The number of methoxy groups -OCH3 is 1. The van der Waals surface area contributed by atoms with Crippen LogP contribution in [0.2, 0.25) is 10.0 Å². The largest absolute Gasteiger partial charge is 0.493 e. The number of halogens is 4. The SMILES string of the molecule is COCC(c1cc(Cl)cc(Cl)c1F)N1CCC(COc2cc(F)c(C(=O)O)cc2C2CC2)CC1. The number of aromatic carboxylic acids is 1. The highest BCUT2D eigenvalue weighted by Crippen LogP contribution is 2.45. The van der Waals surface area contributed by atoms with Crippen LogP contribution in [0.4, 0.5) is 8.78 Å². The Morgan fingerprint density at radius 1 is 1.15 bits per heavy atom. The summed E-state index contributed by atoms with van der Waals surface area (Å²) in [5, 5.41) is 9.58. The molecule has 9 heteroatoms. The minimum Gasteiger partial charge on any atom is -0.493 e. The van der Waals surface area contributed by atoms with Gasteiger partial charge in [0.25, 0.3) is 0 Å². The van der Waals surface area contributed by atoms with Crippen LogP contribution >= 0.6 is 23.2 Å². The van der Waals surface area contributed by atoms with Gasteiger partial charge in [0.2, 0.25) is 0 Å². The summed E-state index contributed by atoms with van der Waals surface area (Å²) in [6.07, 6.45) is 3.52. The van der Waals surface area contributed by atoms with Gasteiger partial charge in [-0.1, -0.05) is 23.2 Å². The number of ether oxygens (including phenoxy) is 2. The normalized spacial score (nSPS) is 18.1. The van der Waals surface area contributed by atoms with Gasteiger partial charge in [0, 0.05) is 23.8 Å². The zero-order chi connectivity index (χ0) is 24.4. The lowest BCUT2D eigenvalue weighted by molar-refractivity contribution is 0.0540. The Hall–Kier alpha value is -1.93. The van der Waals surface area contributed by atoms with Gasteiger partial charge >= 0.3 is 5.97 Å². The van der Waals surface area contributed by atoms with Gasteiger partial charge in [-0.25, -0.2) is 13.6 Å². The number of likely N-dealkylation sites (tertiary alicyclic amines) is 1. The van der Waals surface area contributed by atoms with Crippen molar-refractivity contribution in [3.8, 4) is 5.75 Å². The molecule has 2 aromatic rings. The molecule has 1 atom stereocenters. The predicted molar refractivity (Wildman–Crippen MR) is 126 cm³/mol. The van der Waals surface area contributed by atoms with Gasteiger partial charge in [-0.2, -0.15) is 0 Å². The van der Waals surface area contributed by atoms with Crippen LogP contribution in [0, 0.1) is 17.6 Å². The van der Waals surface area contributed by atoms with Crippen LogP contribution < -0.4 is 4.74 Å². The van der Waals surface area contributed by atoms with Crippen LogP contribution in [0.1, 0.15) is 59.1 Å². The van der Waals surface area contributed by atoms with E-state index in [1.165, 1.54) is 18.2 Å². The van der Waals surface area contributed by atoms with Crippen molar-refractivity contribution in [2.75, 3.05) is 33.4 Å². The third-order valence-electron chi connectivity index (χ3n) is 6.62. The molecule has 0 bridgehead atoms. The summed E-state index contributed by atoms with van der Waals surface area (Å²) in [6.45, 7) is 2.11. The van der Waals surface area contributed by atoms with Gasteiger partial charge in [0.1, 0.15) is 17.4 Å². The molecule has 4 rings (SSSR count). The molecule has 2 aliphatic rings. The summed E-state index contributed by atoms with van der Waals surface area (Å²) < 4.78 is 40.4. The van der Waals surface area contributed by atoms with Crippen molar-refractivity contribution < 1.29 is 28.2 Å². The quantitative estimate of drug-likeness (QED) is 0.397. The number of hydrogen-bond donors (Lipinski definition) is 1. The molecular formula is C25H27Cl2F2NO4. The van der Waals surface area contributed by atoms with Crippen molar-refractivity contribution in [2.24, 2.45) is 5.92 Å². The highest BCUT2D eigenvalue weighted by Gasteiger charge is 2.31. The molecule has 1 aliphatic carbocycles. The Morgan fingerprint density at radius 3 is 2.47 bits per heavy atom. The van der Waals surface area contributed by atoms with Gasteiger partial charge in [0.15, 0.2) is 0 Å². The lowest BCUT2D eigenvalue weighted by Crippen LogP contribution is -2.40. The highest BCUT2D eigenvalue weighted by atomic mass is 35.5. The van der Waals surface area contributed by atoms with E-state index in [2.05, 4.69) is 4.90 Å². The molecule has 34 heavy (non-hydrogen) atoms. The summed E-state index contributed by atoms with van der Waals surface area (Å²) >= 11 is 12.1. The number of benzene rings is 2. The van der Waals surface area contributed by atoms with Crippen LogP contribution in [0.25, 0.3) is 0 Å². The number of nitrogens with zero attached hydrogens (tertiary/aromatic N) is 1. The van der Waals surface area contributed by atoms with E-state index in [0.29, 0.717) is 42.6 Å². The standard InChI is InChI=1S/C25H27Cl2F2NO4/c1-33-13-22(19-8-16(26)9-20(27)24(19)29)30-6-4-14(5-7-30)12-34-23-11-21(28)18(25(31)32)10-17(23)15-2-3-15/h8-11,14-15,22H,2-7,12-13H2,1H3,(H,31,32). The predicted octanol–water partition coefficient (Wildman–Crippen LogP) is 6.33. The summed E-state index contributed by atoms with van der Waals surface area (Å²) in [7, 11) is 1.57. The Bertz CT molecular complexity index is 1060. The number of hydrogen-bond acceptors (Lipinski definition) is 4. The monoisotopic (exact) mass is 513 g/mol. The average molecular weight is 514 g/mol. The van der Waals surface area contributed by atoms with E-state index in [-0.39, 0.29) is 28.5 Å². The van der Waals surface area contributed by atoms with Gasteiger partial charge in [0.05, 0.1) is 29.8 Å². The average Bonchev–Trinajstić information content (AvgIpc) is 3.64. The van der Waals surface area contributed by atoms with Gasteiger partial charge < -0.3 is 14.6 Å². The molecule has 0 aromatic heterocycles. The number of carbonyl (C=O) groups is 1. The first-order valence-electron chi connectivity index (χ1n) is 11.4. The van der Waals surface area contributed by atoms with Crippen molar-refractivity contribution in [3.63, 3.8) is 0 Å². The summed E-state index contributed by atoms with van der Waals surface area (Å²) in [5.74, 6) is -1.66. The maximum Gasteiger partial charge on any atom is 0.338 e. The molecule has 1 N–H and O–H groups in total. The molecule has 2 aromatic carbocycles. The molecule has 184 valence electrons. The third-order valence-corrected chi connectivity index (χ3v) is 7.11. The molecule has 1 unspecified atom stereocenters. The topological polar surface area (TPSA) is 59.0 Å². The van der Waals surface area contributed by atoms with E-state index < -0.39 is 17.6 Å². The molecule has 0 amide bonds. The van der Waals surface area contributed by atoms with E-state index >= 15 is 0 Å². The van der Waals surface area contributed by atoms with Crippen molar-refractivity contribution in [3.05, 3.63) is 62.6 Å². The fourth-order valence-electron chi connectivity index (χ4n) is 4.58. The fourth-order valence-corrected chi connectivity index (χ4v) is 5.09. The maximum absolute atomic E-state index is 14.8. The third kappa shape index (κ3) is 5.65. The molecule has 0 radical (unpaired) electrons. The van der Waals surface area contributed by atoms with E-state index in [1.807, 2.05) is 0 Å². The zero-order valence-corrected chi connectivity index (χ0v) is 20.3. The van der Waals surface area contributed by atoms with E-state index in [1.54, 1.807) is 13.2 Å². The Morgan fingerprint density at radius 2 is 1.85 bits per heavy atom. The molecule has 1 saturated carbocycles. The van der Waals surface area contributed by atoms with Crippen molar-refractivity contribution >= 4 is 29.2 Å². The van der Waals surface area contributed by atoms with E-state index in [9.17, 15) is 18.7 Å². The van der Waals surface area contributed by atoms with Gasteiger partial charge in [-0.3, -0.25) is 4.90 Å². The molecule has 1 aliphatic heterocycles. The van der Waals surface area contributed by atoms with E-state index in [0.717, 1.165) is 31.2 Å². The Balaban J connectivity index is 1.40. The number of rotatable bonds is 9. The van der Waals surface area contributed by atoms with Crippen LogP contribution in [0.15, 0.2) is 24.3 Å². The highest BCUT2D eigenvalue weighted by molar-refractivity contribution is 6.34. The smallest absolute Gasteiger partial charge is 0.338 e. The molecule has 1 heterocycles.